The van der Waals surface area contributed by atoms with Crippen molar-refractivity contribution in [2.75, 3.05) is 5.33 Å². The quantitative estimate of drug-likeness (QED) is 0.124. The Labute approximate surface area is 155 Å². The first kappa shape index (κ1) is 23.4. The molecule has 0 aliphatic heterocycles. The lowest BCUT2D eigenvalue weighted by molar-refractivity contribution is 0.170. The summed E-state index contributed by atoms with van der Waals surface area (Å²) in [6.45, 7) is 15.6. The van der Waals surface area contributed by atoms with Crippen LogP contribution in [-0.2, 0) is 4.43 Å². The van der Waals surface area contributed by atoms with Gasteiger partial charge in [-0.1, -0.05) is 87.7 Å². The molecule has 1 atom stereocenters. The second-order valence-corrected chi connectivity index (χ2v) is 13.9. The van der Waals surface area contributed by atoms with Gasteiger partial charge < -0.3 is 4.43 Å². The van der Waals surface area contributed by atoms with E-state index in [1.807, 2.05) is 6.08 Å². The summed E-state index contributed by atoms with van der Waals surface area (Å²) in [4.78, 5) is 0. The van der Waals surface area contributed by atoms with Crippen molar-refractivity contribution in [1.82, 2.24) is 0 Å². The van der Waals surface area contributed by atoms with Crippen molar-refractivity contribution < 1.29 is 4.43 Å². The minimum Gasteiger partial charge on any atom is -0.414 e. The molecule has 0 heterocycles. The van der Waals surface area contributed by atoms with Gasteiger partial charge in [0.2, 0.25) is 0 Å². The predicted octanol–water partition coefficient (Wildman–Crippen LogP) is 7.86. The van der Waals surface area contributed by atoms with Gasteiger partial charge >= 0.3 is 0 Å². The van der Waals surface area contributed by atoms with Crippen LogP contribution in [0.5, 0.6) is 0 Å². The molecule has 0 aromatic carbocycles. The van der Waals surface area contributed by atoms with E-state index in [-0.39, 0.29) is 0 Å². The third-order valence-electron chi connectivity index (χ3n) is 5.11. The predicted molar refractivity (Wildman–Crippen MR) is 112 cm³/mol. The zero-order valence-corrected chi connectivity index (χ0v) is 19.0. The van der Waals surface area contributed by atoms with Crippen LogP contribution in [0.3, 0.4) is 0 Å². The summed E-state index contributed by atoms with van der Waals surface area (Å²) < 4.78 is 6.58. The standard InChI is InChI=1S/C20H41BrOSi/c1-7-16-19(22-23(5,6)20(2,3)4)17-14-12-10-8-9-11-13-15-18-21/h7,19H,1,8-18H2,2-6H3. The van der Waals surface area contributed by atoms with Crippen LogP contribution in [-0.4, -0.2) is 19.8 Å². The molecule has 0 aromatic rings. The van der Waals surface area contributed by atoms with Crippen LogP contribution in [0.1, 0.15) is 85.0 Å². The molecule has 138 valence electrons. The van der Waals surface area contributed by atoms with E-state index in [1.165, 1.54) is 57.8 Å². The maximum Gasteiger partial charge on any atom is 0.192 e. The van der Waals surface area contributed by atoms with Gasteiger partial charge in [-0.15, -0.1) is 6.58 Å². The fourth-order valence-electron chi connectivity index (χ4n) is 2.53. The zero-order chi connectivity index (χ0) is 17.8. The number of alkyl halides is 1. The Bertz CT molecular complexity index is 297. The highest BCUT2D eigenvalue weighted by Crippen LogP contribution is 2.38. The third-order valence-corrected chi connectivity index (χ3v) is 10.2. The Balaban J connectivity index is 3.91. The first-order valence-corrected chi connectivity index (χ1v) is 13.6. The molecule has 1 nitrogen and oxygen atoms in total. The van der Waals surface area contributed by atoms with E-state index < -0.39 is 8.32 Å². The monoisotopic (exact) mass is 404 g/mol. The van der Waals surface area contributed by atoms with Crippen LogP contribution >= 0.6 is 15.9 Å². The molecular formula is C20H41BrOSi. The third kappa shape index (κ3) is 11.6. The van der Waals surface area contributed by atoms with Crippen molar-refractivity contribution in [1.29, 1.82) is 0 Å². The van der Waals surface area contributed by atoms with E-state index in [4.69, 9.17) is 4.43 Å². The lowest BCUT2D eigenvalue weighted by Gasteiger charge is -2.39. The number of halogens is 1. The molecule has 0 fully saturated rings. The van der Waals surface area contributed by atoms with Crippen molar-refractivity contribution in [3.8, 4) is 0 Å². The SMILES string of the molecule is C=CCC(CCCCCCCCCCBr)O[Si](C)(C)C(C)(C)C. The zero-order valence-electron chi connectivity index (χ0n) is 16.4. The maximum atomic E-state index is 6.58. The number of hydrogen-bond acceptors (Lipinski definition) is 1. The van der Waals surface area contributed by atoms with Gasteiger partial charge in [0.15, 0.2) is 8.32 Å². The highest BCUT2D eigenvalue weighted by atomic mass is 79.9. The summed E-state index contributed by atoms with van der Waals surface area (Å²) in [5.74, 6) is 0. The second-order valence-electron chi connectivity index (χ2n) is 8.33. The van der Waals surface area contributed by atoms with E-state index in [9.17, 15) is 0 Å². The highest BCUT2D eigenvalue weighted by Gasteiger charge is 2.38. The summed E-state index contributed by atoms with van der Waals surface area (Å²) in [5.41, 5.74) is 0. The Hall–Kier alpha value is 0.397. The first-order chi connectivity index (χ1) is 10.7. The van der Waals surface area contributed by atoms with Crippen LogP contribution in [0.2, 0.25) is 18.1 Å². The summed E-state index contributed by atoms with van der Waals surface area (Å²) >= 11 is 3.50. The molecule has 0 spiro atoms. The summed E-state index contributed by atoms with van der Waals surface area (Å²) in [6.07, 6.45) is 15.6. The van der Waals surface area contributed by atoms with Crippen molar-refractivity contribution in [2.45, 2.75) is 109 Å². The van der Waals surface area contributed by atoms with E-state index in [1.54, 1.807) is 0 Å². The van der Waals surface area contributed by atoms with Gasteiger partial charge in [0.1, 0.15) is 0 Å². The lowest BCUT2D eigenvalue weighted by atomic mass is 10.0. The van der Waals surface area contributed by atoms with Gasteiger partial charge in [-0.3, -0.25) is 0 Å². The Morgan fingerprint density at radius 2 is 1.43 bits per heavy atom. The Morgan fingerprint density at radius 1 is 0.957 bits per heavy atom. The minimum atomic E-state index is -1.65. The summed E-state index contributed by atoms with van der Waals surface area (Å²) in [5, 5.41) is 1.45. The number of hydrogen-bond donors (Lipinski definition) is 0. The summed E-state index contributed by atoms with van der Waals surface area (Å²) in [7, 11) is -1.65. The molecule has 0 saturated carbocycles. The van der Waals surface area contributed by atoms with Crippen LogP contribution in [0.15, 0.2) is 12.7 Å². The van der Waals surface area contributed by atoms with Gasteiger partial charge in [0.25, 0.3) is 0 Å². The molecule has 0 rings (SSSR count). The fraction of sp³-hybridized carbons (Fsp3) is 0.900. The van der Waals surface area contributed by atoms with Crippen molar-refractivity contribution >= 4 is 24.2 Å². The molecule has 0 N–H and O–H groups in total. The van der Waals surface area contributed by atoms with Crippen molar-refractivity contribution in [3.05, 3.63) is 12.7 Å². The van der Waals surface area contributed by atoms with Crippen molar-refractivity contribution in [3.63, 3.8) is 0 Å². The fourth-order valence-corrected chi connectivity index (χ4v) is 4.33. The normalized spacial score (nSPS) is 14.0. The number of unbranched alkanes of at least 4 members (excludes halogenated alkanes) is 7. The molecule has 23 heavy (non-hydrogen) atoms. The number of rotatable bonds is 14. The minimum absolute atomic E-state index is 0.293. The van der Waals surface area contributed by atoms with Gasteiger partial charge in [-0.05, 0) is 37.4 Å². The average Bonchev–Trinajstić information content (AvgIpc) is 2.44. The van der Waals surface area contributed by atoms with Crippen LogP contribution in [0, 0.1) is 0 Å². The smallest absolute Gasteiger partial charge is 0.192 e. The summed E-state index contributed by atoms with van der Waals surface area (Å²) in [6, 6.07) is 0. The highest BCUT2D eigenvalue weighted by molar-refractivity contribution is 9.09. The van der Waals surface area contributed by atoms with E-state index in [2.05, 4.69) is 56.4 Å². The van der Waals surface area contributed by atoms with Crippen molar-refractivity contribution in [2.24, 2.45) is 0 Å². The molecule has 3 heteroatoms. The molecule has 0 aliphatic carbocycles. The molecule has 0 bridgehead atoms. The Kier molecular flexibility index (Phi) is 12.9. The lowest BCUT2D eigenvalue weighted by Crippen LogP contribution is -2.43. The Morgan fingerprint density at radius 3 is 1.87 bits per heavy atom. The molecule has 0 aliphatic rings. The average molecular weight is 406 g/mol. The largest absolute Gasteiger partial charge is 0.414 e. The molecular weight excluding hydrogens is 364 g/mol. The topological polar surface area (TPSA) is 9.23 Å². The molecule has 0 saturated heterocycles. The first-order valence-electron chi connectivity index (χ1n) is 9.59. The second kappa shape index (κ2) is 12.7. The van der Waals surface area contributed by atoms with E-state index >= 15 is 0 Å². The maximum absolute atomic E-state index is 6.58. The van der Waals surface area contributed by atoms with Crippen LogP contribution < -0.4 is 0 Å². The van der Waals surface area contributed by atoms with E-state index in [0.717, 1.165) is 11.8 Å². The molecule has 0 radical (unpaired) electrons. The van der Waals surface area contributed by atoms with Crippen LogP contribution in [0.25, 0.3) is 0 Å². The molecule has 0 aromatic heterocycles. The molecule has 1 unspecified atom stereocenters. The molecule has 0 amide bonds. The van der Waals surface area contributed by atoms with Gasteiger partial charge in [-0.2, -0.15) is 0 Å². The van der Waals surface area contributed by atoms with E-state index in [0.29, 0.717) is 11.1 Å². The van der Waals surface area contributed by atoms with Gasteiger partial charge in [-0.25, -0.2) is 0 Å². The van der Waals surface area contributed by atoms with Gasteiger partial charge in [0, 0.05) is 11.4 Å². The van der Waals surface area contributed by atoms with Gasteiger partial charge in [0.05, 0.1) is 0 Å². The van der Waals surface area contributed by atoms with Crippen LogP contribution in [0.4, 0.5) is 0 Å².